The molecule has 1 heterocycles. The zero-order chi connectivity index (χ0) is 15.1. The van der Waals surface area contributed by atoms with Crippen molar-refractivity contribution in [1.82, 2.24) is 10.2 Å². The monoisotopic (exact) mass is 286 g/mol. The Labute approximate surface area is 128 Å². The summed E-state index contributed by atoms with van der Waals surface area (Å²) >= 11 is 0. The number of nitrogens with one attached hydrogen (secondary N) is 1. The molecule has 1 atom stereocenters. The van der Waals surface area contributed by atoms with Crippen LogP contribution in [0.25, 0.3) is 0 Å². The Bertz CT molecular complexity index is 505. The van der Waals surface area contributed by atoms with Crippen LogP contribution in [-0.2, 0) is 6.54 Å². The van der Waals surface area contributed by atoms with Gasteiger partial charge in [-0.2, -0.15) is 0 Å². The first kappa shape index (κ1) is 15.8. The first-order valence-corrected chi connectivity index (χ1v) is 7.68. The maximum absolute atomic E-state index is 5.12. The third-order valence-corrected chi connectivity index (χ3v) is 3.76. The summed E-state index contributed by atoms with van der Waals surface area (Å²) in [4.78, 5) is 2.34. The second-order valence-corrected chi connectivity index (χ2v) is 5.68. The maximum atomic E-state index is 5.12. The van der Waals surface area contributed by atoms with Crippen LogP contribution in [0.2, 0.25) is 0 Å². The molecule has 3 nitrogen and oxygen atoms in total. The van der Waals surface area contributed by atoms with E-state index in [2.05, 4.69) is 55.4 Å². The van der Waals surface area contributed by atoms with E-state index in [0.29, 0.717) is 6.04 Å². The van der Waals surface area contributed by atoms with E-state index in [-0.39, 0.29) is 0 Å². The summed E-state index contributed by atoms with van der Waals surface area (Å²) in [7, 11) is 2.16. The summed E-state index contributed by atoms with van der Waals surface area (Å²) in [6.45, 7) is 7.27. The van der Waals surface area contributed by atoms with Crippen LogP contribution in [0.4, 0.5) is 0 Å². The minimum atomic E-state index is 0.419. The van der Waals surface area contributed by atoms with E-state index in [1.54, 1.807) is 6.26 Å². The molecule has 0 amide bonds. The van der Waals surface area contributed by atoms with Gasteiger partial charge in [0.1, 0.15) is 0 Å². The standard InChI is InChI=1S/C18H26N2O/c1-4-19-18(17-7-5-15(2)6-8-17)9-11-20(3)13-16-10-12-21-14-16/h5-8,10,12,14,18-19H,4,9,11,13H2,1-3H3. The van der Waals surface area contributed by atoms with Gasteiger partial charge in [0, 0.05) is 18.2 Å². The van der Waals surface area contributed by atoms with Crippen molar-refractivity contribution < 1.29 is 4.42 Å². The third kappa shape index (κ3) is 5.03. The molecule has 0 fully saturated rings. The zero-order valence-electron chi connectivity index (χ0n) is 13.3. The minimum Gasteiger partial charge on any atom is -0.472 e. The molecule has 0 saturated carbocycles. The number of benzene rings is 1. The fourth-order valence-electron chi connectivity index (χ4n) is 2.55. The van der Waals surface area contributed by atoms with Gasteiger partial charge in [-0.05, 0) is 45.1 Å². The van der Waals surface area contributed by atoms with Crippen molar-refractivity contribution in [3.05, 3.63) is 59.5 Å². The highest BCUT2D eigenvalue weighted by Crippen LogP contribution is 2.18. The lowest BCUT2D eigenvalue weighted by atomic mass is 10.0. The van der Waals surface area contributed by atoms with Crippen LogP contribution in [-0.4, -0.2) is 25.0 Å². The van der Waals surface area contributed by atoms with Crippen LogP contribution >= 0.6 is 0 Å². The maximum Gasteiger partial charge on any atom is 0.0947 e. The predicted molar refractivity (Wildman–Crippen MR) is 87.3 cm³/mol. The van der Waals surface area contributed by atoms with Crippen LogP contribution in [0.5, 0.6) is 0 Å². The molecule has 3 heteroatoms. The van der Waals surface area contributed by atoms with E-state index in [4.69, 9.17) is 4.42 Å². The number of hydrogen-bond acceptors (Lipinski definition) is 3. The molecule has 1 aromatic heterocycles. The first-order valence-electron chi connectivity index (χ1n) is 7.68. The fourth-order valence-corrected chi connectivity index (χ4v) is 2.55. The van der Waals surface area contributed by atoms with Crippen LogP contribution in [0.1, 0.15) is 36.1 Å². The van der Waals surface area contributed by atoms with Crippen LogP contribution < -0.4 is 5.32 Å². The average Bonchev–Trinajstić information content (AvgIpc) is 2.97. The molecule has 1 unspecified atom stereocenters. The topological polar surface area (TPSA) is 28.4 Å². The van der Waals surface area contributed by atoms with Gasteiger partial charge in [-0.3, -0.25) is 0 Å². The third-order valence-electron chi connectivity index (χ3n) is 3.76. The molecule has 0 aliphatic carbocycles. The summed E-state index contributed by atoms with van der Waals surface area (Å²) < 4.78 is 5.12. The van der Waals surface area contributed by atoms with E-state index in [0.717, 1.165) is 26.1 Å². The summed E-state index contributed by atoms with van der Waals surface area (Å²) in [5, 5.41) is 3.59. The molecule has 0 bridgehead atoms. The molecular weight excluding hydrogens is 260 g/mol. The SMILES string of the molecule is CCNC(CCN(C)Cc1ccoc1)c1ccc(C)cc1. The van der Waals surface area contributed by atoms with Gasteiger partial charge >= 0.3 is 0 Å². The van der Waals surface area contributed by atoms with Gasteiger partial charge in [-0.15, -0.1) is 0 Å². The Morgan fingerprint density at radius 1 is 1.19 bits per heavy atom. The zero-order valence-corrected chi connectivity index (χ0v) is 13.3. The van der Waals surface area contributed by atoms with Gasteiger partial charge < -0.3 is 14.6 Å². The lowest BCUT2D eigenvalue weighted by molar-refractivity contribution is 0.300. The lowest BCUT2D eigenvalue weighted by Crippen LogP contribution is -2.27. The Kier molecular flexibility index (Phi) is 6.03. The molecule has 1 N–H and O–H groups in total. The van der Waals surface area contributed by atoms with Crippen molar-refractivity contribution in [2.75, 3.05) is 20.1 Å². The molecular formula is C18H26N2O. The molecule has 2 rings (SSSR count). The normalized spacial score (nSPS) is 12.8. The molecule has 2 aromatic rings. The molecule has 1 aromatic carbocycles. The number of rotatable bonds is 8. The van der Waals surface area contributed by atoms with Gasteiger partial charge in [0.05, 0.1) is 12.5 Å². The summed E-state index contributed by atoms with van der Waals surface area (Å²) in [5.74, 6) is 0. The average molecular weight is 286 g/mol. The predicted octanol–water partition coefficient (Wildman–Crippen LogP) is 3.76. The van der Waals surface area contributed by atoms with E-state index in [9.17, 15) is 0 Å². The van der Waals surface area contributed by atoms with E-state index in [1.807, 2.05) is 12.3 Å². The number of aryl methyl sites for hydroxylation is 1. The quantitative estimate of drug-likeness (QED) is 0.801. The fraction of sp³-hybridized carbons (Fsp3) is 0.444. The number of nitrogens with zero attached hydrogens (tertiary/aromatic N) is 1. The van der Waals surface area contributed by atoms with E-state index >= 15 is 0 Å². The first-order chi connectivity index (χ1) is 10.2. The highest BCUT2D eigenvalue weighted by molar-refractivity contribution is 5.24. The number of furan rings is 1. The Morgan fingerprint density at radius 2 is 1.95 bits per heavy atom. The second-order valence-electron chi connectivity index (χ2n) is 5.68. The molecule has 21 heavy (non-hydrogen) atoms. The summed E-state index contributed by atoms with van der Waals surface area (Å²) in [6, 6.07) is 11.3. The molecule has 0 aliphatic heterocycles. The van der Waals surface area contributed by atoms with Gasteiger partial charge in [-0.25, -0.2) is 0 Å². The van der Waals surface area contributed by atoms with Crippen molar-refractivity contribution in [1.29, 1.82) is 0 Å². The molecule has 0 spiro atoms. The smallest absolute Gasteiger partial charge is 0.0947 e. The van der Waals surface area contributed by atoms with Gasteiger partial charge in [0.25, 0.3) is 0 Å². The molecule has 0 saturated heterocycles. The van der Waals surface area contributed by atoms with Gasteiger partial charge in [0.2, 0.25) is 0 Å². The van der Waals surface area contributed by atoms with Crippen LogP contribution in [0.15, 0.2) is 47.3 Å². The van der Waals surface area contributed by atoms with Crippen LogP contribution in [0.3, 0.4) is 0 Å². The van der Waals surface area contributed by atoms with E-state index < -0.39 is 0 Å². The lowest BCUT2D eigenvalue weighted by Gasteiger charge is -2.22. The molecule has 114 valence electrons. The molecule has 0 aliphatic rings. The van der Waals surface area contributed by atoms with Gasteiger partial charge in [-0.1, -0.05) is 36.8 Å². The van der Waals surface area contributed by atoms with Crippen molar-refractivity contribution in [3.8, 4) is 0 Å². The Balaban J connectivity index is 1.88. The second kappa shape index (κ2) is 8.01. The Hall–Kier alpha value is -1.58. The van der Waals surface area contributed by atoms with Crippen LogP contribution in [0, 0.1) is 6.92 Å². The van der Waals surface area contributed by atoms with Crippen molar-refractivity contribution in [3.63, 3.8) is 0 Å². The van der Waals surface area contributed by atoms with Gasteiger partial charge in [0.15, 0.2) is 0 Å². The summed E-state index contributed by atoms with van der Waals surface area (Å²) in [6.07, 6.45) is 4.65. The minimum absolute atomic E-state index is 0.419. The summed E-state index contributed by atoms with van der Waals surface area (Å²) in [5.41, 5.74) is 3.91. The number of hydrogen-bond donors (Lipinski definition) is 1. The highest BCUT2D eigenvalue weighted by Gasteiger charge is 2.11. The van der Waals surface area contributed by atoms with Crippen molar-refractivity contribution >= 4 is 0 Å². The largest absolute Gasteiger partial charge is 0.472 e. The highest BCUT2D eigenvalue weighted by atomic mass is 16.3. The molecule has 0 radical (unpaired) electrons. The van der Waals surface area contributed by atoms with Crippen molar-refractivity contribution in [2.45, 2.75) is 32.9 Å². The Morgan fingerprint density at radius 3 is 2.57 bits per heavy atom. The van der Waals surface area contributed by atoms with Crippen molar-refractivity contribution in [2.24, 2.45) is 0 Å². The van der Waals surface area contributed by atoms with E-state index in [1.165, 1.54) is 16.7 Å².